The predicted molar refractivity (Wildman–Crippen MR) is 93.4 cm³/mol. The first-order valence-electron chi connectivity index (χ1n) is 7.74. The highest BCUT2D eigenvalue weighted by atomic mass is 16.5. The van der Waals surface area contributed by atoms with Gasteiger partial charge in [-0.25, -0.2) is 0 Å². The van der Waals surface area contributed by atoms with Gasteiger partial charge >= 0.3 is 0 Å². The van der Waals surface area contributed by atoms with E-state index < -0.39 is 0 Å². The molecule has 0 unspecified atom stereocenters. The molecule has 2 atom stereocenters. The molecule has 3 heteroatoms. The van der Waals surface area contributed by atoms with Crippen LogP contribution in [0.3, 0.4) is 0 Å². The minimum absolute atomic E-state index is 0.0153. The van der Waals surface area contributed by atoms with Gasteiger partial charge in [-0.05, 0) is 23.3 Å². The fraction of sp³-hybridized carbons (Fsp3) is 0.250. The Bertz CT molecular complexity index is 652. The first kappa shape index (κ1) is 16.8. The Kier molecular flexibility index (Phi) is 5.98. The van der Waals surface area contributed by atoms with Crippen molar-refractivity contribution in [2.24, 2.45) is 5.92 Å². The Hall–Kier alpha value is -2.55. The van der Waals surface area contributed by atoms with Gasteiger partial charge in [0.05, 0.1) is 7.11 Å². The molecule has 2 rings (SSSR count). The predicted octanol–water partition coefficient (Wildman–Crippen LogP) is 3.92. The molecule has 3 nitrogen and oxygen atoms in total. The molecule has 0 aliphatic heterocycles. The highest BCUT2D eigenvalue weighted by Crippen LogP contribution is 2.28. The van der Waals surface area contributed by atoms with E-state index in [4.69, 9.17) is 4.74 Å². The van der Waals surface area contributed by atoms with Crippen molar-refractivity contribution < 1.29 is 9.53 Å². The summed E-state index contributed by atoms with van der Waals surface area (Å²) in [6, 6.07) is 17.7. The number of amides is 1. The van der Waals surface area contributed by atoms with Crippen molar-refractivity contribution in [2.45, 2.75) is 19.4 Å². The Balaban J connectivity index is 2.04. The van der Waals surface area contributed by atoms with E-state index in [9.17, 15) is 4.79 Å². The van der Waals surface area contributed by atoms with Crippen molar-refractivity contribution in [1.29, 1.82) is 0 Å². The van der Waals surface area contributed by atoms with Gasteiger partial charge in [-0.1, -0.05) is 55.5 Å². The number of nitrogens with one attached hydrogen (secondary N) is 1. The average molecular weight is 309 g/mol. The molecule has 0 heterocycles. The molecule has 0 aliphatic rings. The SMILES string of the molecule is C=C[C@@H](c1cccc(OC)c1)[C@@H](C)C(=O)NCc1ccccc1. The summed E-state index contributed by atoms with van der Waals surface area (Å²) in [6.45, 7) is 6.35. The monoisotopic (exact) mass is 309 g/mol. The molecule has 1 amide bonds. The Morgan fingerprint density at radius 3 is 2.61 bits per heavy atom. The molecule has 0 aromatic heterocycles. The maximum absolute atomic E-state index is 12.5. The lowest BCUT2D eigenvalue weighted by Crippen LogP contribution is -2.31. The fourth-order valence-electron chi connectivity index (χ4n) is 2.59. The van der Waals surface area contributed by atoms with Gasteiger partial charge in [0.2, 0.25) is 5.91 Å². The maximum Gasteiger partial charge on any atom is 0.224 e. The Morgan fingerprint density at radius 2 is 1.96 bits per heavy atom. The molecule has 0 aliphatic carbocycles. The Labute approximate surface area is 138 Å². The topological polar surface area (TPSA) is 38.3 Å². The Morgan fingerprint density at radius 1 is 1.22 bits per heavy atom. The van der Waals surface area contributed by atoms with Gasteiger partial charge in [0.25, 0.3) is 0 Å². The van der Waals surface area contributed by atoms with Crippen LogP contribution in [-0.4, -0.2) is 13.0 Å². The molecule has 2 aromatic rings. The van der Waals surface area contributed by atoms with Crippen molar-refractivity contribution in [2.75, 3.05) is 7.11 Å². The third-order valence-electron chi connectivity index (χ3n) is 3.99. The third-order valence-corrected chi connectivity index (χ3v) is 3.99. The zero-order valence-corrected chi connectivity index (χ0v) is 13.7. The summed E-state index contributed by atoms with van der Waals surface area (Å²) >= 11 is 0. The summed E-state index contributed by atoms with van der Waals surface area (Å²) in [5.74, 6) is 0.539. The summed E-state index contributed by atoms with van der Waals surface area (Å²) in [5, 5.41) is 2.99. The first-order chi connectivity index (χ1) is 11.2. The van der Waals surface area contributed by atoms with Crippen LogP contribution in [0.25, 0.3) is 0 Å². The van der Waals surface area contributed by atoms with Crippen molar-refractivity contribution in [3.63, 3.8) is 0 Å². The summed E-state index contributed by atoms with van der Waals surface area (Å²) in [5.41, 5.74) is 2.12. The van der Waals surface area contributed by atoms with Gasteiger partial charge in [0.1, 0.15) is 5.75 Å². The van der Waals surface area contributed by atoms with E-state index in [-0.39, 0.29) is 17.7 Å². The minimum atomic E-state index is -0.205. The van der Waals surface area contributed by atoms with Gasteiger partial charge in [0, 0.05) is 18.4 Å². The normalized spacial score (nSPS) is 13.0. The standard InChI is InChI=1S/C20H23NO2/c1-4-19(17-11-8-12-18(13-17)23-3)15(2)20(22)21-14-16-9-6-5-7-10-16/h4-13,15,19H,1,14H2,2-3H3,(H,21,22)/t15-,19-/m1/s1. The highest BCUT2D eigenvalue weighted by Gasteiger charge is 2.23. The van der Waals surface area contributed by atoms with E-state index >= 15 is 0 Å². The van der Waals surface area contributed by atoms with E-state index in [1.807, 2.05) is 67.6 Å². The first-order valence-corrected chi connectivity index (χ1v) is 7.74. The molecule has 0 fully saturated rings. The fourth-order valence-corrected chi connectivity index (χ4v) is 2.59. The number of hydrogen-bond acceptors (Lipinski definition) is 2. The van der Waals surface area contributed by atoms with E-state index in [0.717, 1.165) is 16.9 Å². The van der Waals surface area contributed by atoms with Crippen molar-refractivity contribution >= 4 is 5.91 Å². The smallest absolute Gasteiger partial charge is 0.224 e. The van der Waals surface area contributed by atoms with E-state index in [0.29, 0.717) is 6.54 Å². The van der Waals surface area contributed by atoms with Gasteiger partial charge in [-0.3, -0.25) is 4.79 Å². The average Bonchev–Trinajstić information content (AvgIpc) is 2.61. The largest absolute Gasteiger partial charge is 0.497 e. The second-order valence-electron chi connectivity index (χ2n) is 5.53. The van der Waals surface area contributed by atoms with Crippen LogP contribution in [0.15, 0.2) is 67.3 Å². The molecule has 0 spiro atoms. The lowest BCUT2D eigenvalue weighted by atomic mass is 9.86. The lowest BCUT2D eigenvalue weighted by Gasteiger charge is -2.21. The zero-order valence-electron chi connectivity index (χ0n) is 13.7. The summed E-state index contributed by atoms with van der Waals surface area (Å²) in [6.07, 6.45) is 1.82. The number of hydrogen-bond donors (Lipinski definition) is 1. The number of allylic oxidation sites excluding steroid dienone is 1. The number of carbonyl (C=O) groups is 1. The second-order valence-corrected chi connectivity index (χ2v) is 5.53. The number of carbonyl (C=O) groups excluding carboxylic acids is 1. The van der Waals surface area contributed by atoms with Crippen LogP contribution in [0.2, 0.25) is 0 Å². The molecular formula is C20H23NO2. The van der Waals surface area contributed by atoms with Gasteiger partial charge in [0.15, 0.2) is 0 Å². The number of benzene rings is 2. The summed E-state index contributed by atoms with van der Waals surface area (Å²) < 4.78 is 5.26. The molecule has 0 saturated carbocycles. The van der Waals surface area contributed by atoms with Crippen LogP contribution in [-0.2, 0) is 11.3 Å². The zero-order chi connectivity index (χ0) is 16.7. The maximum atomic E-state index is 12.5. The molecule has 0 radical (unpaired) electrons. The molecule has 1 N–H and O–H groups in total. The number of ether oxygens (including phenoxy) is 1. The van der Waals surface area contributed by atoms with Crippen LogP contribution in [0.5, 0.6) is 5.75 Å². The lowest BCUT2D eigenvalue weighted by molar-refractivity contribution is -0.125. The highest BCUT2D eigenvalue weighted by molar-refractivity contribution is 5.79. The quantitative estimate of drug-likeness (QED) is 0.787. The van der Waals surface area contributed by atoms with E-state index in [2.05, 4.69) is 11.9 Å². The molecule has 0 bridgehead atoms. The van der Waals surface area contributed by atoms with Crippen molar-refractivity contribution in [1.82, 2.24) is 5.32 Å². The molecule has 23 heavy (non-hydrogen) atoms. The van der Waals surface area contributed by atoms with Gasteiger partial charge in [-0.2, -0.15) is 0 Å². The molecule has 120 valence electrons. The van der Waals surface area contributed by atoms with Crippen LogP contribution >= 0.6 is 0 Å². The molecule has 2 aromatic carbocycles. The van der Waals surface area contributed by atoms with Crippen LogP contribution in [0.1, 0.15) is 24.0 Å². The summed E-state index contributed by atoms with van der Waals surface area (Å²) in [7, 11) is 1.64. The van der Waals surface area contributed by atoms with Crippen LogP contribution < -0.4 is 10.1 Å². The van der Waals surface area contributed by atoms with Gasteiger partial charge in [-0.15, -0.1) is 6.58 Å². The van der Waals surface area contributed by atoms with Crippen LogP contribution in [0, 0.1) is 5.92 Å². The number of methoxy groups -OCH3 is 1. The minimum Gasteiger partial charge on any atom is -0.497 e. The molecule has 0 saturated heterocycles. The molecular weight excluding hydrogens is 286 g/mol. The third kappa shape index (κ3) is 4.46. The van der Waals surface area contributed by atoms with Crippen LogP contribution in [0.4, 0.5) is 0 Å². The van der Waals surface area contributed by atoms with E-state index in [1.165, 1.54) is 0 Å². The number of rotatable bonds is 7. The second kappa shape index (κ2) is 8.18. The van der Waals surface area contributed by atoms with Gasteiger partial charge < -0.3 is 10.1 Å². The van der Waals surface area contributed by atoms with E-state index in [1.54, 1.807) is 7.11 Å². The van der Waals surface area contributed by atoms with Crippen molar-refractivity contribution in [3.8, 4) is 5.75 Å². The van der Waals surface area contributed by atoms with Crippen molar-refractivity contribution in [3.05, 3.63) is 78.4 Å². The summed E-state index contributed by atoms with van der Waals surface area (Å²) in [4.78, 5) is 12.5.